The minimum atomic E-state index is -3.35. The summed E-state index contributed by atoms with van der Waals surface area (Å²) in [6.45, 7) is 6.14. The Morgan fingerprint density at radius 1 is 1.33 bits per heavy atom. The number of carboxylic acid groups (broad SMARTS) is 1. The molecule has 1 atom stereocenters. The van der Waals surface area contributed by atoms with Gasteiger partial charge in [0, 0.05) is 25.1 Å². The lowest BCUT2D eigenvalue weighted by molar-refractivity contribution is -0.140. The molecule has 0 radical (unpaired) electrons. The monoisotopic (exact) mass is 398 g/mol. The van der Waals surface area contributed by atoms with E-state index in [1.165, 1.54) is 16.4 Å². The largest absolute Gasteiger partial charge is 0.480 e. The van der Waals surface area contributed by atoms with Gasteiger partial charge in [-0.15, -0.1) is 0 Å². The first kappa shape index (κ1) is 21.2. The number of hydrogen-bond acceptors (Lipinski definition) is 5. The van der Waals surface area contributed by atoms with Crippen LogP contribution in [0.15, 0.2) is 24.3 Å². The number of amides is 1. The van der Waals surface area contributed by atoms with Crippen LogP contribution in [-0.4, -0.2) is 55.9 Å². The molecule has 27 heavy (non-hydrogen) atoms. The summed E-state index contributed by atoms with van der Waals surface area (Å²) in [5, 5.41) is 11.8. The van der Waals surface area contributed by atoms with Crippen LogP contribution in [0.25, 0.3) is 0 Å². The van der Waals surface area contributed by atoms with Gasteiger partial charge in [-0.05, 0) is 45.4 Å². The molecule has 1 saturated heterocycles. The molecule has 8 nitrogen and oxygen atoms in total. The van der Waals surface area contributed by atoms with Crippen molar-refractivity contribution in [2.24, 2.45) is 0 Å². The molecule has 0 spiro atoms. The highest BCUT2D eigenvalue weighted by Crippen LogP contribution is 2.24. The minimum absolute atomic E-state index is 0.0816. The third-order valence-electron chi connectivity index (χ3n) is 4.04. The van der Waals surface area contributed by atoms with Crippen LogP contribution in [0.2, 0.25) is 0 Å². The van der Waals surface area contributed by atoms with E-state index in [0.717, 1.165) is 0 Å². The summed E-state index contributed by atoms with van der Waals surface area (Å²) < 4.78 is 30.9. The molecule has 1 heterocycles. The van der Waals surface area contributed by atoms with Crippen molar-refractivity contribution in [3.63, 3.8) is 0 Å². The van der Waals surface area contributed by atoms with Crippen molar-refractivity contribution in [1.29, 1.82) is 0 Å². The Labute approximate surface area is 159 Å². The molecule has 1 unspecified atom stereocenters. The average Bonchev–Trinajstić information content (AvgIpc) is 2.92. The lowest BCUT2D eigenvalue weighted by atomic mass is 10.1. The van der Waals surface area contributed by atoms with Gasteiger partial charge in [0.1, 0.15) is 6.04 Å². The molecule has 1 aromatic rings. The summed E-state index contributed by atoms with van der Waals surface area (Å²) in [6.07, 6.45) is 0.659. The zero-order chi connectivity index (χ0) is 20.2. The highest BCUT2D eigenvalue weighted by molar-refractivity contribution is 7.93. The molecule has 0 aromatic heterocycles. The van der Waals surface area contributed by atoms with E-state index in [1.54, 1.807) is 12.1 Å². The third kappa shape index (κ3) is 5.93. The minimum Gasteiger partial charge on any atom is -0.480 e. The van der Waals surface area contributed by atoms with E-state index in [0.29, 0.717) is 18.7 Å². The molecule has 1 aromatic carbocycles. The van der Waals surface area contributed by atoms with Crippen LogP contribution >= 0.6 is 0 Å². The number of nitrogens with one attached hydrogen (secondary N) is 1. The quantitative estimate of drug-likeness (QED) is 0.722. The van der Waals surface area contributed by atoms with Crippen molar-refractivity contribution in [3.8, 4) is 0 Å². The van der Waals surface area contributed by atoms with Crippen molar-refractivity contribution in [3.05, 3.63) is 29.8 Å². The molecule has 1 fully saturated rings. The van der Waals surface area contributed by atoms with Crippen molar-refractivity contribution in [1.82, 2.24) is 5.32 Å². The number of nitrogens with zero attached hydrogens (tertiary/aromatic N) is 1. The van der Waals surface area contributed by atoms with Gasteiger partial charge < -0.3 is 15.2 Å². The fourth-order valence-corrected chi connectivity index (χ4v) is 4.27. The van der Waals surface area contributed by atoms with Crippen molar-refractivity contribution < 1.29 is 27.9 Å². The molecular weight excluding hydrogens is 372 g/mol. The number of rotatable bonds is 7. The predicted molar refractivity (Wildman–Crippen MR) is 101 cm³/mol. The highest BCUT2D eigenvalue weighted by atomic mass is 32.2. The second-order valence-corrected chi connectivity index (χ2v) is 9.42. The van der Waals surface area contributed by atoms with Crippen LogP contribution in [0.1, 0.15) is 44.0 Å². The van der Waals surface area contributed by atoms with Gasteiger partial charge in [0.05, 0.1) is 17.0 Å². The predicted octanol–water partition coefficient (Wildman–Crippen LogP) is 1.61. The molecule has 0 saturated carbocycles. The Balaban J connectivity index is 2.07. The molecule has 1 amide bonds. The fraction of sp³-hybridized carbons (Fsp3) is 0.556. The van der Waals surface area contributed by atoms with Gasteiger partial charge in [-0.25, -0.2) is 13.2 Å². The van der Waals surface area contributed by atoms with Gasteiger partial charge in [-0.2, -0.15) is 0 Å². The average molecular weight is 398 g/mol. The number of benzene rings is 1. The van der Waals surface area contributed by atoms with Crippen molar-refractivity contribution in [2.75, 3.05) is 23.2 Å². The van der Waals surface area contributed by atoms with Gasteiger partial charge in [-0.1, -0.05) is 6.07 Å². The summed E-state index contributed by atoms with van der Waals surface area (Å²) in [4.78, 5) is 23.9. The van der Waals surface area contributed by atoms with E-state index in [1.807, 2.05) is 20.8 Å². The number of anilines is 1. The summed E-state index contributed by atoms with van der Waals surface area (Å²) in [6, 6.07) is 5.08. The number of aliphatic carboxylic acids is 1. The van der Waals surface area contributed by atoms with E-state index in [4.69, 9.17) is 4.74 Å². The maximum Gasteiger partial charge on any atom is 0.326 e. The molecule has 0 aliphatic carbocycles. The van der Waals surface area contributed by atoms with E-state index < -0.39 is 33.5 Å². The van der Waals surface area contributed by atoms with E-state index >= 15 is 0 Å². The lowest BCUT2D eigenvalue weighted by Crippen LogP contribution is -2.42. The number of carboxylic acids is 1. The smallest absolute Gasteiger partial charge is 0.326 e. The fourth-order valence-electron chi connectivity index (χ4n) is 2.71. The van der Waals surface area contributed by atoms with Crippen LogP contribution in [0, 0.1) is 0 Å². The Kier molecular flexibility index (Phi) is 6.48. The van der Waals surface area contributed by atoms with Gasteiger partial charge >= 0.3 is 5.97 Å². The maximum absolute atomic E-state index is 12.5. The molecule has 150 valence electrons. The standard InChI is InChI=1S/C18H26N2O6S/c1-18(2,3)26-10-8-15(17(22)23)19-16(21)13-6-4-7-14(12-13)20-9-5-11-27(20,24)25/h4,6-7,12,15H,5,8-11H2,1-3H3,(H,19,21)(H,22,23). The van der Waals surface area contributed by atoms with Gasteiger partial charge in [0.15, 0.2) is 0 Å². The van der Waals surface area contributed by atoms with Crippen LogP contribution in [0.5, 0.6) is 0 Å². The van der Waals surface area contributed by atoms with Gasteiger partial charge in [0.25, 0.3) is 5.91 Å². The van der Waals surface area contributed by atoms with Crippen LogP contribution < -0.4 is 9.62 Å². The number of ether oxygens (including phenoxy) is 1. The molecular formula is C18H26N2O6S. The summed E-state index contributed by atoms with van der Waals surface area (Å²) >= 11 is 0. The SMILES string of the molecule is CC(C)(C)OCCC(NC(=O)c1cccc(N2CCCS2(=O)=O)c1)C(=O)O. The van der Waals surface area contributed by atoms with E-state index in [-0.39, 0.29) is 24.3 Å². The first-order valence-electron chi connectivity index (χ1n) is 8.78. The molecule has 9 heteroatoms. The second kappa shape index (κ2) is 8.26. The molecule has 0 bridgehead atoms. The molecule has 1 aliphatic rings. The van der Waals surface area contributed by atoms with Crippen LogP contribution in [-0.2, 0) is 19.6 Å². The first-order valence-corrected chi connectivity index (χ1v) is 10.4. The summed E-state index contributed by atoms with van der Waals surface area (Å²) in [5.41, 5.74) is 0.212. The number of hydrogen-bond donors (Lipinski definition) is 2. The van der Waals surface area contributed by atoms with E-state index in [9.17, 15) is 23.1 Å². The zero-order valence-corrected chi connectivity index (χ0v) is 16.6. The summed E-state index contributed by atoms with van der Waals surface area (Å²) in [5.74, 6) is -1.64. The Bertz CT molecular complexity index is 800. The zero-order valence-electron chi connectivity index (χ0n) is 15.8. The molecule has 2 rings (SSSR count). The van der Waals surface area contributed by atoms with Crippen LogP contribution in [0.4, 0.5) is 5.69 Å². The topological polar surface area (TPSA) is 113 Å². The Morgan fingerprint density at radius 3 is 2.59 bits per heavy atom. The Morgan fingerprint density at radius 2 is 2.04 bits per heavy atom. The molecule has 1 aliphatic heterocycles. The third-order valence-corrected chi connectivity index (χ3v) is 5.91. The number of sulfonamides is 1. The first-order chi connectivity index (χ1) is 12.5. The van der Waals surface area contributed by atoms with Crippen LogP contribution in [0.3, 0.4) is 0 Å². The maximum atomic E-state index is 12.5. The normalized spacial score (nSPS) is 17.5. The second-order valence-electron chi connectivity index (χ2n) is 7.41. The van der Waals surface area contributed by atoms with Crippen molar-refractivity contribution in [2.45, 2.75) is 45.3 Å². The van der Waals surface area contributed by atoms with Gasteiger partial charge in [0.2, 0.25) is 10.0 Å². The van der Waals surface area contributed by atoms with Crippen molar-refractivity contribution >= 4 is 27.6 Å². The van der Waals surface area contributed by atoms with Gasteiger partial charge in [-0.3, -0.25) is 9.10 Å². The lowest BCUT2D eigenvalue weighted by Gasteiger charge is -2.22. The Hall–Kier alpha value is -2.13. The highest BCUT2D eigenvalue weighted by Gasteiger charge is 2.29. The number of carbonyl (C=O) groups excluding carboxylic acids is 1. The number of carbonyl (C=O) groups is 2. The van der Waals surface area contributed by atoms with E-state index in [2.05, 4.69) is 5.32 Å². The molecule has 2 N–H and O–H groups in total. The summed E-state index contributed by atoms with van der Waals surface area (Å²) in [7, 11) is -3.35.